The summed E-state index contributed by atoms with van der Waals surface area (Å²) in [6, 6.07) is 0.418. The van der Waals surface area contributed by atoms with Crippen LogP contribution < -0.4 is 5.32 Å². The van der Waals surface area contributed by atoms with E-state index in [-0.39, 0.29) is 11.4 Å². The molecule has 70 valence electrons. The third-order valence-electron chi connectivity index (χ3n) is 2.45. The van der Waals surface area contributed by atoms with Gasteiger partial charge in [-0.25, -0.2) is 0 Å². The van der Waals surface area contributed by atoms with Crippen molar-refractivity contribution >= 4 is 5.91 Å². The lowest BCUT2D eigenvalue weighted by molar-refractivity contribution is -0.136. The summed E-state index contributed by atoms with van der Waals surface area (Å²) < 4.78 is 0. The predicted molar refractivity (Wildman–Crippen MR) is 48.9 cm³/mol. The number of carbonyl (C=O) groups excluding carboxylic acids is 1. The van der Waals surface area contributed by atoms with Gasteiger partial charge in [-0.3, -0.25) is 4.79 Å². The van der Waals surface area contributed by atoms with Gasteiger partial charge in [-0.2, -0.15) is 0 Å². The van der Waals surface area contributed by atoms with Crippen molar-refractivity contribution in [3.8, 4) is 0 Å². The average molecular weight is 170 g/mol. The molecule has 0 aromatic heterocycles. The van der Waals surface area contributed by atoms with Crippen molar-refractivity contribution in [3.63, 3.8) is 0 Å². The Hall–Kier alpha value is -0.570. The summed E-state index contributed by atoms with van der Waals surface area (Å²) in [5, 5.41) is 3.36. The van der Waals surface area contributed by atoms with Gasteiger partial charge in [0.05, 0.1) is 0 Å². The first-order valence-electron chi connectivity index (χ1n) is 4.45. The van der Waals surface area contributed by atoms with Crippen LogP contribution in [0.15, 0.2) is 0 Å². The van der Waals surface area contributed by atoms with Crippen molar-refractivity contribution in [2.75, 3.05) is 13.1 Å². The minimum atomic E-state index is -0.0294. The second-order valence-electron chi connectivity index (χ2n) is 4.22. The Balaban J connectivity index is 2.72. The molecule has 1 rings (SSSR count). The van der Waals surface area contributed by atoms with Crippen molar-refractivity contribution in [1.29, 1.82) is 0 Å². The molecule has 1 aliphatic rings. The van der Waals surface area contributed by atoms with Crippen molar-refractivity contribution in [2.24, 2.45) is 0 Å². The molecule has 1 aliphatic heterocycles. The van der Waals surface area contributed by atoms with E-state index in [4.69, 9.17) is 0 Å². The topological polar surface area (TPSA) is 32.3 Å². The third-order valence-corrected chi connectivity index (χ3v) is 2.45. The van der Waals surface area contributed by atoms with Crippen LogP contribution in [-0.2, 0) is 4.79 Å². The molecule has 12 heavy (non-hydrogen) atoms. The van der Waals surface area contributed by atoms with Crippen LogP contribution in [0.3, 0.4) is 0 Å². The van der Waals surface area contributed by atoms with Crippen LogP contribution in [-0.4, -0.2) is 35.5 Å². The van der Waals surface area contributed by atoms with Gasteiger partial charge in [0.25, 0.3) is 0 Å². The molecule has 1 saturated heterocycles. The van der Waals surface area contributed by atoms with Crippen LogP contribution in [0.25, 0.3) is 0 Å². The van der Waals surface area contributed by atoms with E-state index in [1.807, 2.05) is 4.90 Å². The van der Waals surface area contributed by atoms with Gasteiger partial charge in [0, 0.05) is 31.6 Å². The van der Waals surface area contributed by atoms with E-state index in [2.05, 4.69) is 26.1 Å². The largest absolute Gasteiger partial charge is 0.335 e. The van der Waals surface area contributed by atoms with E-state index in [1.54, 1.807) is 6.92 Å². The van der Waals surface area contributed by atoms with Crippen LogP contribution in [0.4, 0.5) is 0 Å². The van der Waals surface area contributed by atoms with Crippen LogP contribution in [0.2, 0.25) is 0 Å². The average Bonchev–Trinajstić information content (AvgIpc) is 1.94. The maximum atomic E-state index is 11.3. The number of hydrogen-bond acceptors (Lipinski definition) is 2. The molecule has 0 saturated carbocycles. The molecule has 1 N–H and O–H groups in total. The van der Waals surface area contributed by atoms with E-state index >= 15 is 0 Å². The Bertz CT molecular complexity index is 189. The molecular weight excluding hydrogens is 152 g/mol. The summed E-state index contributed by atoms with van der Waals surface area (Å²) in [5.74, 6) is 0.174. The van der Waals surface area contributed by atoms with Gasteiger partial charge in [-0.15, -0.1) is 0 Å². The maximum Gasteiger partial charge on any atom is 0.219 e. The monoisotopic (exact) mass is 170 g/mol. The normalized spacial score (nSPS) is 28.7. The third kappa shape index (κ3) is 1.78. The molecule has 1 heterocycles. The van der Waals surface area contributed by atoms with E-state index in [9.17, 15) is 4.79 Å². The zero-order chi connectivity index (χ0) is 9.35. The standard InChI is InChI=1S/C9H18N2O/c1-7-5-11(8(2)12)9(3,4)6-10-7/h7,10H,5-6H2,1-4H3. The van der Waals surface area contributed by atoms with Crippen LogP contribution in [0.1, 0.15) is 27.7 Å². The van der Waals surface area contributed by atoms with Gasteiger partial charge in [0.15, 0.2) is 0 Å². The summed E-state index contributed by atoms with van der Waals surface area (Å²) in [6.45, 7) is 9.63. The molecule has 0 radical (unpaired) electrons. The highest BCUT2D eigenvalue weighted by Crippen LogP contribution is 2.18. The molecule has 1 fully saturated rings. The molecule has 0 spiro atoms. The SMILES string of the molecule is CC(=O)N1CC(C)NCC1(C)C. The molecule has 0 bridgehead atoms. The summed E-state index contributed by atoms with van der Waals surface area (Å²) in [5.41, 5.74) is -0.0294. The first kappa shape index (κ1) is 9.52. The lowest BCUT2D eigenvalue weighted by atomic mass is 9.98. The van der Waals surface area contributed by atoms with E-state index in [0.29, 0.717) is 6.04 Å². The Morgan fingerprint density at radius 3 is 2.58 bits per heavy atom. The van der Waals surface area contributed by atoms with E-state index < -0.39 is 0 Å². The summed E-state index contributed by atoms with van der Waals surface area (Å²) in [7, 11) is 0. The highest BCUT2D eigenvalue weighted by molar-refractivity contribution is 5.74. The zero-order valence-corrected chi connectivity index (χ0v) is 8.35. The van der Waals surface area contributed by atoms with Crippen molar-refractivity contribution in [1.82, 2.24) is 10.2 Å². The number of piperazine rings is 1. The van der Waals surface area contributed by atoms with Gasteiger partial charge in [-0.1, -0.05) is 0 Å². The molecule has 1 atom stereocenters. The van der Waals surface area contributed by atoms with Gasteiger partial charge in [0.1, 0.15) is 0 Å². The Morgan fingerprint density at radius 2 is 2.17 bits per heavy atom. The molecular formula is C9H18N2O. The smallest absolute Gasteiger partial charge is 0.219 e. The maximum absolute atomic E-state index is 11.3. The molecule has 1 amide bonds. The van der Waals surface area contributed by atoms with Gasteiger partial charge < -0.3 is 10.2 Å². The van der Waals surface area contributed by atoms with Crippen molar-refractivity contribution in [2.45, 2.75) is 39.3 Å². The number of hydrogen-bond donors (Lipinski definition) is 1. The number of nitrogens with zero attached hydrogens (tertiary/aromatic N) is 1. The fourth-order valence-corrected chi connectivity index (χ4v) is 1.66. The molecule has 1 unspecified atom stereocenters. The zero-order valence-electron chi connectivity index (χ0n) is 8.35. The van der Waals surface area contributed by atoms with Gasteiger partial charge >= 0.3 is 0 Å². The quantitative estimate of drug-likeness (QED) is 0.577. The summed E-state index contributed by atoms with van der Waals surface area (Å²) in [4.78, 5) is 13.2. The number of nitrogens with one attached hydrogen (secondary N) is 1. The fourth-order valence-electron chi connectivity index (χ4n) is 1.66. The number of rotatable bonds is 0. The summed E-state index contributed by atoms with van der Waals surface area (Å²) in [6.07, 6.45) is 0. The predicted octanol–water partition coefficient (Wildman–Crippen LogP) is 0.605. The lowest BCUT2D eigenvalue weighted by Gasteiger charge is -2.44. The van der Waals surface area contributed by atoms with E-state index in [0.717, 1.165) is 13.1 Å². The Labute approximate surface area is 74.1 Å². The van der Waals surface area contributed by atoms with Crippen molar-refractivity contribution in [3.05, 3.63) is 0 Å². The second-order valence-corrected chi connectivity index (χ2v) is 4.22. The van der Waals surface area contributed by atoms with Gasteiger partial charge in [-0.05, 0) is 20.8 Å². The molecule has 0 aromatic rings. The van der Waals surface area contributed by atoms with Gasteiger partial charge in [0.2, 0.25) is 5.91 Å². The first-order valence-corrected chi connectivity index (χ1v) is 4.45. The van der Waals surface area contributed by atoms with Crippen LogP contribution in [0, 0.1) is 0 Å². The molecule has 3 heteroatoms. The summed E-state index contributed by atoms with van der Waals surface area (Å²) >= 11 is 0. The lowest BCUT2D eigenvalue weighted by Crippen LogP contribution is -2.62. The Morgan fingerprint density at radius 1 is 1.58 bits per heavy atom. The first-order chi connectivity index (χ1) is 5.43. The minimum absolute atomic E-state index is 0.0294. The van der Waals surface area contributed by atoms with Crippen LogP contribution >= 0.6 is 0 Å². The van der Waals surface area contributed by atoms with E-state index in [1.165, 1.54) is 0 Å². The highest BCUT2D eigenvalue weighted by atomic mass is 16.2. The fraction of sp³-hybridized carbons (Fsp3) is 0.889. The number of amides is 1. The molecule has 0 aliphatic carbocycles. The Kier molecular flexibility index (Phi) is 2.42. The molecule has 3 nitrogen and oxygen atoms in total. The van der Waals surface area contributed by atoms with Crippen molar-refractivity contribution < 1.29 is 4.79 Å². The molecule has 0 aromatic carbocycles. The highest BCUT2D eigenvalue weighted by Gasteiger charge is 2.33. The second kappa shape index (κ2) is 3.05. The number of carbonyl (C=O) groups is 1. The minimum Gasteiger partial charge on any atom is -0.335 e. The van der Waals surface area contributed by atoms with Crippen LogP contribution in [0.5, 0.6) is 0 Å².